The van der Waals surface area contributed by atoms with Crippen molar-refractivity contribution in [3.05, 3.63) is 0 Å². The summed E-state index contributed by atoms with van der Waals surface area (Å²) in [5, 5.41) is 14.8. The molecule has 0 saturated carbocycles. The van der Waals surface area contributed by atoms with E-state index in [1.54, 1.807) is 0 Å². The standard InChI is InChI=1S/C8H10F5NO3S/c9-7(10,8(11,12)13)2-1-6(5-14)18(16,17)4-3-15/h6,15H,1-4H2. The number of nitrogens with zero attached hydrogens (tertiary/aromatic N) is 1. The molecule has 4 nitrogen and oxygen atoms in total. The molecule has 1 N–H and O–H groups in total. The fourth-order valence-electron chi connectivity index (χ4n) is 1.05. The summed E-state index contributed by atoms with van der Waals surface area (Å²) >= 11 is 0. The first kappa shape index (κ1) is 17.1. The summed E-state index contributed by atoms with van der Waals surface area (Å²) < 4.78 is 82.9. The average Bonchev–Trinajstić information content (AvgIpc) is 2.15. The maximum absolute atomic E-state index is 12.5. The summed E-state index contributed by atoms with van der Waals surface area (Å²) in [7, 11) is -4.20. The third-order valence-corrected chi connectivity index (χ3v) is 4.05. The van der Waals surface area contributed by atoms with Crippen LogP contribution in [-0.2, 0) is 9.84 Å². The van der Waals surface area contributed by atoms with E-state index in [2.05, 4.69) is 0 Å². The summed E-state index contributed by atoms with van der Waals surface area (Å²) in [6, 6.07) is 1.15. The molecule has 0 spiro atoms. The second-order valence-electron chi connectivity index (χ2n) is 3.45. The normalized spacial score (nSPS) is 15.2. The minimum atomic E-state index is -5.78. The SMILES string of the molecule is N#CC(CCC(F)(F)C(F)(F)F)S(=O)(=O)CCO. The molecule has 0 aromatic carbocycles. The molecule has 0 bridgehead atoms. The quantitative estimate of drug-likeness (QED) is 0.748. The number of nitriles is 1. The van der Waals surface area contributed by atoms with Gasteiger partial charge in [0.2, 0.25) is 0 Å². The molecule has 0 aliphatic carbocycles. The summed E-state index contributed by atoms with van der Waals surface area (Å²) in [4.78, 5) is 0. The van der Waals surface area contributed by atoms with E-state index in [0.717, 1.165) is 6.07 Å². The van der Waals surface area contributed by atoms with Gasteiger partial charge in [0.15, 0.2) is 9.84 Å². The number of rotatable bonds is 6. The summed E-state index contributed by atoms with van der Waals surface area (Å²) in [5.74, 6) is -5.90. The van der Waals surface area contributed by atoms with Gasteiger partial charge < -0.3 is 5.11 Å². The molecule has 106 valence electrons. The van der Waals surface area contributed by atoms with Gasteiger partial charge in [-0.3, -0.25) is 0 Å². The Kier molecular flexibility index (Phi) is 5.49. The van der Waals surface area contributed by atoms with E-state index in [-0.39, 0.29) is 0 Å². The van der Waals surface area contributed by atoms with Gasteiger partial charge in [-0.15, -0.1) is 0 Å². The number of aliphatic hydroxyl groups is 1. The van der Waals surface area contributed by atoms with Crippen molar-refractivity contribution in [2.24, 2.45) is 0 Å². The predicted octanol–water partition coefficient (Wildman–Crippen LogP) is 1.26. The van der Waals surface area contributed by atoms with Gasteiger partial charge in [-0.05, 0) is 6.42 Å². The van der Waals surface area contributed by atoms with Crippen molar-refractivity contribution in [2.75, 3.05) is 12.4 Å². The van der Waals surface area contributed by atoms with Gasteiger partial charge in [0.1, 0.15) is 5.25 Å². The molecule has 0 aromatic rings. The number of aliphatic hydroxyl groups excluding tert-OH is 1. The fraction of sp³-hybridized carbons (Fsp3) is 0.875. The lowest BCUT2D eigenvalue weighted by Gasteiger charge is -2.20. The highest BCUT2D eigenvalue weighted by Crippen LogP contribution is 2.39. The van der Waals surface area contributed by atoms with Crippen LogP contribution >= 0.6 is 0 Å². The highest BCUT2D eigenvalue weighted by molar-refractivity contribution is 7.92. The molecule has 0 saturated heterocycles. The van der Waals surface area contributed by atoms with Crippen LogP contribution in [0.3, 0.4) is 0 Å². The van der Waals surface area contributed by atoms with E-state index in [9.17, 15) is 30.4 Å². The Bertz CT molecular complexity index is 411. The lowest BCUT2D eigenvalue weighted by molar-refractivity contribution is -0.284. The molecule has 1 unspecified atom stereocenters. The molecule has 10 heteroatoms. The van der Waals surface area contributed by atoms with E-state index in [1.165, 1.54) is 0 Å². The van der Waals surface area contributed by atoms with Crippen molar-refractivity contribution in [1.82, 2.24) is 0 Å². The van der Waals surface area contributed by atoms with Crippen LogP contribution in [0, 0.1) is 11.3 Å². The van der Waals surface area contributed by atoms with Crippen LogP contribution in [0.25, 0.3) is 0 Å². The van der Waals surface area contributed by atoms with Gasteiger partial charge in [-0.2, -0.15) is 27.2 Å². The van der Waals surface area contributed by atoms with Crippen molar-refractivity contribution in [1.29, 1.82) is 5.26 Å². The molecular formula is C8H10F5NO3S. The van der Waals surface area contributed by atoms with Crippen LogP contribution in [0.15, 0.2) is 0 Å². The molecular weight excluding hydrogens is 285 g/mol. The first-order chi connectivity index (χ1) is 7.98. The number of sulfone groups is 1. The second-order valence-corrected chi connectivity index (χ2v) is 5.75. The monoisotopic (exact) mass is 295 g/mol. The first-order valence-corrected chi connectivity index (χ1v) is 6.36. The lowest BCUT2D eigenvalue weighted by Crippen LogP contribution is -2.38. The molecule has 0 aliphatic heterocycles. The number of hydrogen-bond acceptors (Lipinski definition) is 4. The molecule has 0 heterocycles. The van der Waals surface area contributed by atoms with Gasteiger partial charge in [-0.25, -0.2) is 8.42 Å². The average molecular weight is 295 g/mol. The zero-order valence-electron chi connectivity index (χ0n) is 8.91. The Morgan fingerprint density at radius 1 is 1.22 bits per heavy atom. The Morgan fingerprint density at radius 3 is 2.06 bits per heavy atom. The third-order valence-electron chi connectivity index (χ3n) is 2.09. The van der Waals surface area contributed by atoms with E-state index in [1.807, 2.05) is 0 Å². The maximum atomic E-state index is 12.5. The first-order valence-electron chi connectivity index (χ1n) is 4.64. The zero-order valence-corrected chi connectivity index (χ0v) is 9.73. The summed E-state index contributed by atoms with van der Waals surface area (Å²) in [6.07, 6.45) is -8.72. The molecule has 0 fully saturated rings. The fourth-order valence-corrected chi connectivity index (χ4v) is 2.22. The highest BCUT2D eigenvalue weighted by atomic mass is 32.2. The Morgan fingerprint density at radius 2 is 1.72 bits per heavy atom. The molecule has 0 aromatic heterocycles. The predicted molar refractivity (Wildman–Crippen MR) is 50.5 cm³/mol. The van der Waals surface area contributed by atoms with Gasteiger partial charge in [0, 0.05) is 6.42 Å². The molecule has 18 heavy (non-hydrogen) atoms. The van der Waals surface area contributed by atoms with Crippen molar-refractivity contribution >= 4 is 9.84 Å². The van der Waals surface area contributed by atoms with Gasteiger partial charge >= 0.3 is 12.1 Å². The van der Waals surface area contributed by atoms with Gasteiger partial charge in [0.05, 0.1) is 18.4 Å². The van der Waals surface area contributed by atoms with E-state index in [4.69, 9.17) is 10.4 Å². The second kappa shape index (κ2) is 5.79. The Hall–Kier alpha value is -0.950. The van der Waals surface area contributed by atoms with Crippen LogP contribution < -0.4 is 0 Å². The highest BCUT2D eigenvalue weighted by Gasteiger charge is 2.57. The smallest absolute Gasteiger partial charge is 0.395 e. The minimum absolute atomic E-state index is 0.837. The topological polar surface area (TPSA) is 78.2 Å². The molecule has 0 radical (unpaired) electrons. The Balaban J connectivity index is 4.77. The number of hydrogen-bond donors (Lipinski definition) is 1. The van der Waals surface area contributed by atoms with Crippen molar-refractivity contribution in [2.45, 2.75) is 30.2 Å². The van der Waals surface area contributed by atoms with Gasteiger partial charge in [-0.1, -0.05) is 0 Å². The van der Waals surface area contributed by atoms with Crippen molar-refractivity contribution < 1.29 is 35.5 Å². The third kappa shape index (κ3) is 4.38. The van der Waals surface area contributed by atoms with Crippen LogP contribution in [0.5, 0.6) is 0 Å². The molecule has 0 amide bonds. The summed E-state index contributed by atoms with van der Waals surface area (Å²) in [6.45, 7) is -0.837. The zero-order chi connectivity index (χ0) is 14.6. The van der Waals surface area contributed by atoms with E-state index in [0.29, 0.717) is 0 Å². The van der Waals surface area contributed by atoms with Gasteiger partial charge in [0.25, 0.3) is 0 Å². The molecule has 1 atom stereocenters. The molecule has 0 rings (SSSR count). The van der Waals surface area contributed by atoms with E-state index < -0.39 is 52.4 Å². The minimum Gasteiger partial charge on any atom is -0.395 e. The van der Waals surface area contributed by atoms with Crippen LogP contribution in [0.1, 0.15) is 12.8 Å². The lowest BCUT2D eigenvalue weighted by atomic mass is 10.1. The largest absolute Gasteiger partial charge is 0.453 e. The number of alkyl halides is 5. The Labute approximate surface area is 99.9 Å². The van der Waals surface area contributed by atoms with Crippen LogP contribution in [-0.4, -0.2) is 43.2 Å². The maximum Gasteiger partial charge on any atom is 0.453 e. The van der Waals surface area contributed by atoms with Crippen molar-refractivity contribution in [3.63, 3.8) is 0 Å². The summed E-state index contributed by atoms with van der Waals surface area (Å²) in [5.41, 5.74) is 0. The molecule has 0 aliphatic rings. The number of halogens is 5. The van der Waals surface area contributed by atoms with E-state index >= 15 is 0 Å². The van der Waals surface area contributed by atoms with Crippen molar-refractivity contribution in [3.8, 4) is 6.07 Å². The van der Waals surface area contributed by atoms with Crippen LogP contribution in [0.2, 0.25) is 0 Å². The van der Waals surface area contributed by atoms with Crippen LogP contribution in [0.4, 0.5) is 22.0 Å².